The molecule has 2 aliphatic heterocycles. The van der Waals surface area contributed by atoms with E-state index in [1.165, 1.54) is 24.0 Å². The first-order valence-electron chi connectivity index (χ1n) is 18.9. The van der Waals surface area contributed by atoms with E-state index < -0.39 is 0 Å². The highest BCUT2D eigenvalue weighted by Gasteiger charge is 2.51. The van der Waals surface area contributed by atoms with E-state index >= 15 is 0 Å². The molecule has 9 heteroatoms. The first-order valence-corrected chi connectivity index (χ1v) is 18.9. The van der Waals surface area contributed by atoms with Gasteiger partial charge < -0.3 is 23.9 Å². The third-order valence-corrected chi connectivity index (χ3v) is 12.6. The van der Waals surface area contributed by atoms with E-state index in [0.717, 1.165) is 90.4 Å². The van der Waals surface area contributed by atoms with Crippen LogP contribution in [0.1, 0.15) is 86.4 Å². The summed E-state index contributed by atoms with van der Waals surface area (Å²) in [4.78, 5) is 17.8. The van der Waals surface area contributed by atoms with Crippen molar-refractivity contribution in [3.8, 4) is 28.7 Å². The van der Waals surface area contributed by atoms with E-state index in [-0.39, 0.29) is 33.7 Å². The number of rotatable bonds is 11. The molecule has 1 saturated heterocycles. The molecule has 3 aliphatic rings. The number of aromatic nitrogens is 1. The Bertz CT molecular complexity index is 1940. The van der Waals surface area contributed by atoms with Crippen LogP contribution in [0, 0.1) is 35.8 Å². The second kappa shape index (κ2) is 14.5. The lowest BCUT2D eigenvalue weighted by Crippen LogP contribution is -2.54. The smallest absolute Gasteiger partial charge is 0.253 e. The molecule has 9 nitrogen and oxygen atoms in total. The summed E-state index contributed by atoms with van der Waals surface area (Å²) in [6, 6.07) is 12.8. The Morgan fingerprint density at radius 2 is 1.81 bits per heavy atom. The summed E-state index contributed by atoms with van der Waals surface area (Å²) >= 11 is 0. The summed E-state index contributed by atoms with van der Waals surface area (Å²) in [6.45, 7) is 17.5. The molecule has 1 spiro atoms. The van der Waals surface area contributed by atoms with E-state index in [9.17, 15) is 15.3 Å². The van der Waals surface area contributed by atoms with Gasteiger partial charge in [0, 0.05) is 74.6 Å². The number of hydrogen-bond donors (Lipinski definition) is 0. The van der Waals surface area contributed by atoms with Gasteiger partial charge in [0.25, 0.3) is 5.56 Å². The van der Waals surface area contributed by atoms with Crippen LogP contribution in [0.15, 0.2) is 53.0 Å². The number of allylic oxidation sites excluding steroid dienone is 1. The van der Waals surface area contributed by atoms with Crippen LogP contribution >= 0.6 is 0 Å². The summed E-state index contributed by atoms with van der Waals surface area (Å²) < 4.78 is 13.2. The Balaban J connectivity index is 1.18. The summed E-state index contributed by atoms with van der Waals surface area (Å²) in [6.07, 6.45) is 7.90. The number of methoxy groups -OCH3 is 2. The quantitative estimate of drug-likeness (QED) is 0.117. The van der Waals surface area contributed by atoms with Gasteiger partial charge in [0.05, 0.1) is 31.9 Å². The van der Waals surface area contributed by atoms with E-state index in [4.69, 9.17) is 9.47 Å². The number of nitriles is 1. The van der Waals surface area contributed by atoms with E-state index in [2.05, 4.69) is 73.9 Å². The molecule has 2 aromatic carbocycles. The monoisotopic (exact) mass is 707 g/mol. The van der Waals surface area contributed by atoms with E-state index in [0.29, 0.717) is 12.1 Å². The average Bonchev–Trinajstić information content (AvgIpc) is 3.90. The van der Waals surface area contributed by atoms with Crippen LogP contribution in [0.3, 0.4) is 0 Å². The standard InChI is InChI=1S/C43H57N5O4/c1-10-42(5,6)22-32(23-44)27-48(50)19-14-36-33(12-11-13-35(36)31(48)4)24-47-18-17-46(28-43(47)15-16-43)26-38-39(51-8)20-34(21-40(38)52-9)37-25-45(7)41(49)30(3)29(37)2/h11-13,20-22,25,31H,10,14-19,24,26-28H2,1-9H3/b32-22+. The predicted molar refractivity (Wildman–Crippen MR) is 207 cm³/mol. The predicted octanol–water partition coefficient (Wildman–Crippen LogP) is 7.35. The van der Waals surface area contributed by atoms with Crippen molar-refractivity contribution in [3.05, 3.63) is 97.1 Å². The second-order valence-electron chi connectivity index (χ2n) is 16.3. The van der Waals surface area contributed by atoms with Crippen molar-refractivity contribution < 1.29 is 14.1 Å². The van der Waals surface area contributed by atoms with Crippen LogP contribution in [-0.4, -0.2) is 71.5 Å². The highest BCUT2D eigenvalue weighted by atomic mass is 16.5. The molecule has 2 unspecified atom stereocenters. The summed E-state index contributed by atoms with van der Waals surface area (Å²) in [5.41, 5.74) is 9.15. The van der Waals surface area contributed by atoms with Gasteiger partial charge >= 0.3 is 0 Å². The molecule has 0 radical (unpaired) electrons. The van der Waals surface area contributed by atoms with Crippen molar-refractivity contribution in [2.45, 2.75) is 91.9 Å². The van der Waals surface area contributed by atoms with Crippen molar-refractivity contribution >= 4 is 0 Å². The van der Waals surface area contributed by atoms with Gasteiger partial charge in [-0.2, -0.15) is 5.26 Å². The van der Waals surface area contributed by atoms with Gasteiger partial charge in [0.1, 0.15) is 30.2 Å². The Hall–Kier alpha value is -3.94. The molecule has 6 rings (SSSR count). The molecule has 1 aromatic heterocycles. The van der Waals surface area contributed by atoms with Crippen LogP contribution in [0.4, 0.5) is 0 Å². The van der Waals surface area contributed by atoms with Gasteiger partial charge in [-0.25, -0.2) is 0 Å². The van der Waals surface area contributed by atoms with Gasteiger partial charge in [-0.1, -0.05) is 45.0 Å². The summed E-state index contributed by atoms with van der Waals surface area (Å²) in [5, 5.41) is 24.2. The largest absolute Gasteiger partial charge is 0.632 e. The molecular formula is C43H57N5O4. The number of benzene rings is 2. The lowest BCUT2D eigenvalue weighted by molar-refractivity contribution is -0.906. The Morgan fingerprint density at radius 1 is 1.12 bits per heavy atom. The van der Waals surface area contributed by atoms with Crippen molar-refractivity contribution in [2.75, 3.05) is 46.9 Å². The van der Waals surface area contributed by atoms with E-state index in [1.54, 1.807) is 25.8 Å². The molecule has 1 saturated carbocycles. The van der Waals surface area contributed by atoms with Gasteiger partial charge in [-0.05, 0) is 79.8 Å². The Kier molecular flexibility index (Phi) is 10.5. The molecule has 0 bridgehead atoms. The highest BCUT2D eigenvalue weighted by molar-refractivity contribution is 5.72. The molecule has 52 heavy (non-hydrogen) atoms. The fourth-order valence-electron chi connectivity index (χ4n) is 8.53. The zero-order chi connectivity index (χ0) is 37.6. The zero-order valence-electron chi connectivity index (χ0n) is 32.8. The lowest BCUT2D eigenvalue weighted by atomic mass is 9.86. The van der Waals surface area contributed by atoms with Crippen molar-refractivity contribution in [1.29, 1.82) is 5.26 Å². The maximum absolute atomic E-state index is 14.3. The number of piperazine rings is 1. The van der Waals surface area contributed by atoms with E-state index in [1.807, 2.05) is 26.1 Å². The number of nitrogens with zero attached hydrogens (tertiary/aromatic N) is 5. The van der Waals surface area contributed by atoms with Crippen molar-refractivity contribution in [3.63, 3.8) is 0 Å². The third-order valence-electron chi connectivity index (χ3n) is 12.6. The second-order valence-corrected chi connectivity index (χ2v) is 16.3. The minimum absolute atomic E-state index is 0.0144. The summed E-state index contributed by atoms with van der Waals surface area (Å²) in [5.74, 6) is 1.58. The molecule has 0 amide bonds. The molecule has 2 fully saturated rings. The SMILES string of the molecule is CCC(C)(C)/C=C(\C#N)C[N+]1([O-])CCc2c(CN3CCN(Cc4c(OC)cc(-c5cn(C)c(=O)c(C)c5C)cc4OC)CC34CC4)cccc2C1C. The fraction of sp³-hybridized carbons (Fsp3) is 0.535. The first kappa shape index (κ1) is 37.8. The third kappa shape index (κ3) is 7.19. The Labute approximate surface area is 310 Å². The number of quaternary nitrogens is 1. The number of hydroxylamine groups is 3. The number of fused-ring (bicyclic) bond motifs is 1. The molecule has 2 atom stereocenters. The van der Waals surface area contributed by atoms with Crippen LogP contribution < -0.4 is 15.0 Å². The van der Waals surface area contributed by atoms with Crippen LogP contribution in [0.2, 0.25) is 0 Å². The number of pyridine rings is 1. The lowest BCUT2D eigenvalue weighted by Gasteiger charge is -2.51. The van der Waals surface area contributed by atoms with Crippen LogP contribution in [0.25, 0.3) is 11.1 Å². The number of aryl methyl sites for hydroxylation is 1. The van der Waals surface area contributed by atoms with Gasteiger partial charge in [-0.3, -0.25) is 14.6 Å². The van der Waals surface area contributed by atoms with Crippen LogP contribution in [0.5, 0.6) is 11.5 Å². The van der Waals surface area contributed by atoms with Crippen LogP contribution in [-0.2, 0) is 26.6 Å². The fourth-order valence-corrected chi connectivity index (χ4v) is 8.53. The van der Waals surface area contributed by atoms with Crippen molar-refractivity contribution in [1.82, 2.24) is 14.4 Å². The Morgan fingerprint density at radius 3 is 2.42 bits per heavy atom. The highest BCUT2D eigenvalue weighted by Crippen LogP contribution is 2.47. The zero-order valence-corrected chi connectivity index (χ0v) is 32.8. The molecule has 3 aromatic rings. The molecule has 278 valence electrons. The molecule has 1 aliphatic carbocycles. The summed E-state index contributed by atoms with van der Waals surface area (Å²) in [7, 11) is 5.22. The topological polar surface area (TPSA) is 93.8 Å². The molecule has 3 heterocycles. The molecule has 0 N–H and O–H groups in total. The number of ether oxygens (including phenoxy) is 2. The first-order chi connectivity index (χ1) is 24.7. The minimum Gasteiger partial charge on any atom is -0.632 e. The number of hydrogen-bond acceptors (Lipinski definition) is 7. The minimum atomic E-state index is -0.379. The maximum atomic E-state index is 14.3. The normalized spacial score (nSPS) is 21.9. The molecular weight excluding hydrogens is 651 g/mol. The maximum Gasteiger partial charge on any atom is 0.253 e. The van der Waals surface area contributed by atoms with Gasteiger partial charge in [0.2, 0.25) is 0 Å². The average molecular weight is 708 g/mol. The van der Waals surface area contributed by atoms with Crippen molar-refractivity contribution in [2.24, 2.45) is 12.5 Å². The van der Waals surface area contributed by atoms with Gasteiger partial charge in [-0.15, -0.1) is 0 Å². The van der Waals surface area contributed by atoms with Gasteiger partial charge in [0.15, 0.2) is 0 Å².